The summed E-state index contributed by atoms with van der Waals surface area (Å²) in [5.74, 6) is -0.540. The number of nitrogen functional groups attached to an aromatic ring is 1. The third-order valence-electron chi connectivity index (χ3n) is 5.54. The number of hydrogen-bond acceptors (Lipinski definition) is 6. The van der Waals surface area contributed by atoms with Gasteiger partial charge < -0.3 is 20.5 Å². The topological polar surface area (TPSA) is 106 Å². The molecular formula is C21H22F3N5O3. The Bertz CT molecular complexity index is 1170. The minimum atomic E-state index is -4.49. The van der Waals surface area contributed by atoms with Gasteiger partial charge in [-0.05, 0) is 24.1 Å². The maximum absolute atomic E-state index is 13.4. The number of anilines is 2. The van der Waals surface area contributed by atoms with Crippen LogP contribution >= 0.6 is 0 Å². The molecule has 3 N–H and O–H groups in total. The van der Waals surface area contributed by atoms with E-state index in [0.29, 0.717) is 49.1 Å². The highest BCUT2D eigenvalue weighted by Gasteiger charge is 2.33. The number of benzene rings is 1. The van der Waals surface area contributed by atoms with Crippen molar-refractivity contribution in [1.82, 2.24) is 14.6 Å². The van der Waals surface area contributed by atoms with Crippen LogP contribution in [0.1, 0.15) is 28.1 Å². The average molecular weight is 449 g/mol. The minimum absolute atomic E-state index is 0.0263. The molecule has 1 fully saturated rings. The van der Waals surface area contributed by atoms with Gasteiger partial charge in [0.25, 0.3) is 0 Å². The first kappa shape index (κ1) is 21.9. The van der Waals surface area contributed by atoms with Crippen LogP contribution in [0, 0.1) is 6.92 Å². The third-order valence-corrected chi connectivity index (χ3v) is 5.54. The van der Waals surface area contributed by atoms with E-state index < -0.39 is 24.1 Å². The van der Waals surface area contributed by atoms with Gasteiger partial charge in [0.1, 0.15) is 0 Å². The van der Waals surface area contributed by atoms with Crippen molar-refractivity contribution in [3.05, 3.63) is 52.3 Å². The van der Waals surface area contributed by atoms with E-state index in [1.165, 1.54) is 17.5 Å². The predicted octanol–water partition coefficient (Wildman–Crippen LogP) is 2.69. The van der Waals surface area contributed by atoms with Gasteiger partial charge in [0.05, 0.1) is 42.3 Å². The number of alkyl halides is 3. The van der Waals surface area contributed by atoms with Crippen molar-refractivity contribution in [2.24, 2.45) is 0 Å². The van der Waals surface area contributed by atoms with E-state index in [-0.39, 0.29) is 23.3 Å². The molecule has 0 atom stereocenters. The molecule has 0 aliphatic carbocycles. The fourth-order valence-corrected chi connectivity index (χ4v) is 3.89. The highest BCUT2D eigenvalue weighted by molar-refractivity contribution is 5.73. The largest absolute Gasteiger partial charge is 0.481 e. The number of aliphatic carboxylic acids is 1. The Labute approximate surface area is 181 Å². The molecule has 0 bridgehead atoms. The maximum atomic E-state index is 13.4. The fourth-order valence-electron chi connectivity index (χ4n) is 3.89. The lowest BCUT2D eigenvalue weighted by atomic mass is 9.97. The summed E-state index contributed by atoms with van der Waals surface area (Å²) >= 11 is 0. The number of halogens is 3. The molecule has 0 saturated carbocycles. The molecule has 32 heavy (non-hydrogen) atoms. The Hall–Kier alpha value is -3.34. The molecule has 1 aromatic carbocycles. The van der Waals surface area contributed by atoms with Gasteiger partial charge in [0.2, 0.25) is 0 Å². The predicted molar refractivity (Wildman–Crippen MR) is 111 cm³/mol. The summed E-state index contributed by atoms with van der Waals surface area (Å²) in [5, 5.41) is 14.0. The summed E-state index contributed by atoms with van der Waals surface area (Å²) in [6.07, 6.45) is -4.86. The van der Waals surface area contributed by atoms with Gasteiger partial charge in [-0.15, -0.1) is 5.10 Å². The molecule has 0 unspecified atom stereocenters. The number of carbonyl (C=O) groups is 1. The van der Waals surface area contributed by atoms with Crippen LogP contribution in [-0.2, 0) is 28.5 Å². The average Bonchev–Trinajstić information content (AvgIpc) is 3.06. The lowest BCUT2D eigenvalue weighted by molar-refractivity contribution is -0.138. The molecule has 170 valence electrons. The molecule has 4 rings (SSSR count). The zero-order chi connectivity index (χ0) is 23.0. The minimum Gasteiger partial charge on any atom is -0.481 e. The van der Waals surface area contributed by atoms with Gasteiger partial charge in [-0.1, -0.05) is 12.1 Å². The van der Waals surface area contributed by atoms with E-state index in [0.717, 1.165) is 6.07 Å². The van der Waals surface area contributed by atoms with E-state index in [1.54, 1.807) is 12.1 Å². The lowest BCUT2D eigenvalue weighted by Gasteiger charge is -2.27. The van der Waals surface area contributed by atoms with E-state index in [2.05, 4.69) is 10.1 Å². The number of aromatic nitrogens is 3. The fraction of sp³-hybridized carbons (Fsp3) is 0.381. The second kappa shape index (κ2) is 8.30. The van der Waals surface area contributed by atoms with Gasteiger partial charge in [0, 0.05) is 25.6 Å². The molecule has 3 heterocycles. The molecule has 3 aromatic rings. The van der Waals surface area contributed by atoms with Crippen LogP contribution in [0.15, 0.2) is 24.3 Å². The van der Waals surface area contributed by atoms with Gasteiger partial charge in [-0.25, -0.2) is 9.50 Å². The van der Waals surface area contributed by atoms with Gasteiger partial charge in [-0.3, -0.25) is 4.79 Å². The van der Waals surface area contributed by atoms with E-state index in [9.17, 15) is 23.1 Å². The van der Waals surface area contributed by atoms with Crippen molar-refractivity contribution in [3.63, 3.8) is 0 Å². The van der Waals surface area contributed by atoms with Crippen LogP contribution in [0.2, 0.25) is 0 Å². The summed E-state index contributed by atoms with van der Waals surface area (Å²) in [6, 6.07) is 5.62. The summed E-state index contributed by atoms with van der Waals surface area (Å²) in [6.45, 7) is 3.68. The third kappa shape index (κ3) is 4.20. The molecule has 0 spiro atoms. The van der Waals surface area contributed by atoms with Gasteiger partial charge >= 0.3 is 12.1 Å². The van der Waals surface area contributed by atoms with Crippen molar-refractivity contribution in [3.8, 4) is 0 Å². The Morgan fingerprint density at radius 1 is 1.28 bits per heavy atom. The molecule has 1 aliphatic heterocycles. The number of nitrogens with two attached hydrogens (primary N) is 1. The highest BCUT2D eigenvalue weighted by atomic mass is 19.4. The zero-order valence-corrected chi connectivity index (χ0v) is 17.3. The molecule has 0 amide bonds. The van der Waals surface area contributed by atoms with Crippen LogP contribution in [0.4, 0.5) is 24.7 Å². The summed E-state index contributed by atoms with van der Waals surface area (Å²) < 4.78 is 47.0. The second-order valence-electron chi connectivity index (χ2n) is 7.63. The Morgan fingerprint density at radius 3 is 2.66 bits per heavy atom. The molecule has 0 radical (unpaired) electrons. The number of carboxylic acid groups (broad SMARTS) is 1. The number of hydrogen-bond donors (Lipinski definition) is 2. The summed E-state index contributed by atoms with van der Waals surface area (Å²) in [4.78, 5) is 17.8. The van der Waals surface area contributed by atoms with E-state index in [1.807, 2.05) is 4.90 Å². The highest BCUT2D eigenvalue weighted by Crippen LogP contribution is 2.34. The van der Waals surface area contributed by atoms with Gasteiger partial charge in [0.15, 0.2) is 11.5 Å². The number of fused-ring (bicyclic) bond motifs is 1. The molecule has 8 nitrogen and oxygen atoms in total. The standard InChI is InChI=1S/C21H22F3N5O3/c1-12-13(3-2-4-14(12)21(22,23)24)9-17-16(11-19(30)31)26-20-15(25)10-18(27-29(17)20)28-5-7-32-8-6-28/h2-4,10H,5-9,11,25H2,1H3,(H,30,31). The van der Waals surface area contributed by atoms with Crippen molar-refractivity contribution >= 4 is 23.1 Å². The number of carboxylic acids is 1. The van der Waals surface area contributed by atoms with Crippen molar-refractivity contribution in [2.75, 3.05) is 36.9 Å². The summed E-state index contributed by atoms with van der Waals surface area (Å²) in [7, 11) is 0. The van der Waals surface area contributed by atoms with Crippen LogP contribution in [0.3, 0.4) is 0 Å². The number of ether oxygens (including phenoxy) is 1. The molecule has 1 saturated heterocycles. The zero-order valence-electron chi connectivity index (χ0n) is 17.3. The van der Waals surface area contributed by atoms with Gasteiger partial charge in [-0.2, -0.15) is 13.2 Å². The van der Waals surface area contributed by atoms with Crippen LogP contribution < -0.4 is 10.6 Å². The number of imidazole rings is 1. The van der Waals surface area contributed by atoms with E-state index in [4.69, 9.17) is 10.5 Å². The first-order valence-corrected chi connectivity index (χ1v) is 10.0. The SMILES string of the molecule is Cc1c(Cc2c(CC(=O)O)nc3c(N)cc(N4CCOCC4)nn23)cccc1C(F)(F)F. The monoisotopic (exact) mass is 449 g/mol. The van der Waals surface area contributed by atoms with Crippen molar-refractivity contribution in [1.29, 1.82) is 0 Å². The Kier molecular flexibility index (Phi) is 5.68. The van der Waals surface area contributed by atoms with E-state index >= 15 is 0 Å². The Morgan fingerprint density at radius 2 is 2.00 bits per heavy atom. The first-order chi connectivity index (χ1) is 15.1. The number of morpholine rings is 1. The maximum Gasteiger partial charge on any atom is 0.416 e. The van der Waals surface area contributed by atoms with Crippen molar-refractivity contribution < 1.29 is 27.8 Å². The second-order valence-corrected chi connectivity index (χ2v) is 7.63. The first-order valence-electron chi connectivity index (χ1n) is 10.0. The Balaban J connectivity index is 1.85. The normalized spacial score (nSPS) is 14.8. The molecular weight excluding hydrogens is 427 g/mol. The smallest absolute Gasteiger partial charge is 0.416 e. The molecule has 2 aromatic heterocycles. The van der Waals surface area contributed by atoms with Crippen molar-refractivity contribution in [2.45, 2.75) is 25.9 Å². The van der Waals surface area contributed by atoms with Crippen LogP contribution in [0.5, 0.6) is 0 Å². The molecule has 11 heteroatoms. The number of nitrogens with zero attached hydrogens (tertiary/aromatic N) is 4. The quantitative estimate of drug-likeness (QED) is 0.617. The lowest BCUT2D eigenvalue weighted by Crippen LogP contribution is -2.37. The summed E-state index contributed by atoms with van der Waals surface area (Å²) in [5.41, 5.74) is 7.15. The molecule has 1 aliphatic rings. The number of rotatable bonds is 5. The van der Waals surface area contributed by atoms with Crippen LogP contribution in [0.25, 0.3) is 5.65 Å². The van der Waals surface area contributed by atoms with Crippen LogP contribution in [-0.4, -0.2) is 52.0 Å².